The minimum Gasteiger partial charge on any atom is -0.444 e. The lowest BCUT2D eigenvalue weighted by molar-refractivity contribution is -0.119. The maximum absolute atomic E-state index is 12.9. The predicted molar refractivity (Wildman–Crippen MR) is 411 cm³/mol. The van der Waals surface area contributed by atoms with Gasteiger partial charge in [-0.3, -0.25) is 9.59 Å². The van der Waals surface area contributed by atoms with Gasteiger partial charge in [0.25, 0.3) is 0 Å². The molecule has 101 heavy (non-hydrogen) atoms. The van der Waals surface area contributed by atoms with Crippen molar-refractivity contribution in [1.29, 1.82) is 0 Å². The summed E-state index contributed by atoms with van der Waals surface area (Å²) in [5.74, 6) is -0.436. The highest BCUT2D eigenvalue weighted by Crippen LogP contribution is 2.49. The number of amides is 4. The maximum Gasteiger partial charge on any atom is 0.410 e. The molecular weight excluding hydrogens is 1330 g/mol. The fourth-order valence-electron chi connectivity index (χ4n) is 14.6. The van der Waals surface area contributed by atoms with E-state index in [9.17, 15) is 34.5 Å². The van der Waals surface area contributed by atoms with Gasteiger partial charge in [-0.1, -0.05) is 165 Å². The Morgan fingerprint density at radius 2 is 0.842 bits per heavy atom. The van der Waals surface area contributed by atoms with Crippen molar-refractivity contribution in [3.63, 3.8) is 0 Å². The van der Waals surface area contributed by atoms with Gasteiger partial charge in [-0.05, 0) is 219 Å². The fraction of sp³-hybridized carbons (Fsp3) is 0.518. The first kappa shape index (κ1) is 81.8. The van der Waals surface area contributed by atoms with Gasteiger partial charge in [0.15, 0.2) is 0 Å². The first-order valence-corrected chi connectivity index (χ1v) is 37.8. The number of ether oxygens (including phenoxy) is 2. The van der Waals surface area contributed by atoms with Crippen molar-refractivity contribution >= 4 is 58.8 Å². The number of hydrogen-bond acceptors (Lipinski definition) is 11. The average molecular weight is 1450 g/mol. The number of hydrogen-bond donors (Lipinski definition) is 7. The van der Waals surface area contributed by atoms with Gasteiger partial charge in [0.1, 0.15) is 11.2 Å². The van der Waals surface area contributed by atoms with Gasteiger partial charge in [-0.2, -0.15) is 0 Å². The van der Waals surface area contributed by atoms with E-state index in [0.29, 0.717) is 99.4 Å². The zero-order valence-electron chi connectivity index (χ0n) is 61.7. The van der Waals surface area contributed by atoms with E-state index < -0.39 is 28.0 Å². The second kappa shape index (κ2) is 37.8. The highest BCUT2D eigenvalue weighted by Gasteiger charge is 2.46. The van der Waals surface area contributed by atoms with Crippen molar-refractivity contribution in [2.24, 2.45) is 23.5 Å². The van der Waals surface area contributed by atoms with Crippen LogP contribution >= 0.6 is 34.8 Å². The van der Waals surface area contributed by atoms with Crippen LogP contribution in [0.15, 0.2) is 127 Å². The van der Waals surface area contributed by atoms with Crippen molar-refractivity contribution in [3.05, 3.63) is 176 Å². The van der Waals surface area contributed by atoms with E-state index in [-0.39, 0.29) is 41.8 Å². The molecule has 3 heterocycles. The van der Waals surface area contributed by atoms with E-state index in [0.717, 1.165) is 121 Å². The molecular formula is C83H113Cl3N6O9. The molecule has 0 unspecified atom stereocenters. The Morgan fingerprint density at radius 1 is 0.505 bits per heavy atom. The molecule has 0 aliphatic carbocycles. The number of carbonyl (C=O) groups is 4. The predicted octanol–water partition coefficient (Wildman–Crippen LogP) is 17.1. The molecule has 3 saturated heterocycles. The summed E-state index contributed by atoms with van der Waals surface area (Å²) >= 11 is 20.3. The molecule has 8 N–H and O–H groups in total. The fourth-order valence-corrected chi connectivity index (χ4v) is 15.5. The molecule has 6 aromatic carbocycles. The lowest BCUT2D eigenvalue weighted by Gasteiger charge is -2.44. The summed E-state index contributed by atoms with van der Waals surface area (Å²) in [6.45, 7) is 25.8. The van der Waals surface area contributed by atoms with E-state index in [1.807, 2.05) is 120 Å². The molecule has 0 spiro atoms. The number of benzene rings is 6. The van der Waals surface area contributed by atoms with Crippen LogP contribution < -0.4 is 21.7 Å². The van der Waals surface area contributed by atoms with E-state index in [1.54, 1.807) is 9.80 Å². The van der Waals surface area contributed by atoms with Crippen LogP contribution in [0.2, 0.25) is 15.1 Å². The van der Waals surface area contributed by atoms with Gasteiger partial charge in [0, 0.05) is 109 Å². The average Bonchev–Trinajstić information content (AvgIpc) is 0.772. The van der Waals surface area contributed by atoms with Crippen LogP contribution in [0.1, 0.15) is 187 Å². The summed E-state index contributed by atoms with van der Waals surface area (Å²) in [4.78, 5) is 51.9. The summed E-state index contributed by atoms with van der Waals surface area (Å²) < 4.78 is 11.3. The molecule has 0 radical (unpaired) electrons. The number of nitrogens with two attached hydrogens (primary N) is 1. The Bertz CT molecular complexity index is 3700. The molecule has 6 aromatic rings. The van der Waals surface area contributed by atoms with Crippen LogP contribution in [-0.4, -0.2) is 119 Å². The summed E-state index contributed by atoms with van der Waals surface area (Å²) in [7, 11) is 0. The number of likely N-dealkylation sites (tertiary alicyclic amines) is 2. The van der Waals surface area contributed by atoms with Gasteiger partial charge in [-0.25, -0.2) is 9.59 Å². The largest absolute Gasteiger partial charge is 0.444 e. The number of aliphatic hydroxyl groups is 3. The molecule has 18 heteroatoms. The molecule has 15 nitrogen and oxygen atoms in total. The van der Waals surface area contributed by atoms with Crippen molar-refractivity contribution in [2.75, 3.05) is 58.9 Å². The van der Waals surface area contributed by atoms with Crippen LogP contribution in [0.3, 0.4) is 0 Å². The maximum atomic E-state index is 12.9. The van der Waals surface area contributed by atoms with E-state index in [4.69, 9.17) is 50.0 Å². The van der Waals surface area contributed by atoms with Crippen molar-refractivity contribution in [2.45, 2.75) is 200 Å². The van der Waals surface area contributed by atoms with Crippen LogP contribution in [0, 0.1) is 17.8 Å². The highest BCUT2D eigenvalue weighted by molar-refractivity contribution is 6.34. The highest BCUT2D eigenvalue weighted by atomic mass is 35.5. The van der Waals surface area contributed by atoms with Gasteiger partial charge in [-0.15, -0.1) is 0 Å². The monoisotopic (exact) mass is 1440 g/mol. The Labute approximate surface area is 617 Å². The van der Waals surface area contributed by atoms with E-state index >= 15 is 0 Å². The molecule has 0 saturated carbocycles. The number of aryl methyl sites for hydroxylation is 3. The summed E-state index contributed by atoms with van der Waals surface area (Å²) in [5, 5.41) is 48.1. The first-order chi connectivity index (χ1) is 48.0. The van der Waals surface area contributed by atoms with Crippen molar-refractivity contribution in [1.82, 2.24) is 25.8 Å². The molecule has 550 valence electrons. The number of halogens is 3. The zero-order valence-corrected chi connectivity index (χ0v) is 64.0. The Kier molecular flexibility index (Phi) is 30.6. The number of piperidine rings is 3. The lowest BCUT2D eigenvalue weighted by Crippen LogP contribution is -2.49. The normalized spacial score (nSPS) is 18.2. The number of nitrogens with zero attached hydrogens (tertiary/aromatic N) is 2. The zero-order chi connectivity index (χ0) is 73.7. The molecule has 9 rings (SSSR count). The lowest BCUT2D eigenvalue weighted by atomic mass is 9.72. The van der Waals surface area contributed by atoms with Gasteiger partial charge in [0.2, 0.25) is 11.8 Å². The van der Waals surface area contributed by atoms with Crippen LogP contribution in [-0.2, 0) is 55.1 Å². The Morgan fingerprint density at radius 3 is 1.16 bits per heavy atom. The molecule has 3 aliphatic heterocycles. The van der Waals surface area contributed by atoms with E-state index in [1.165, 1.54) is 30.5 Å². The Hall–Kier alpha value is -6.53. The Balaban J connectivity index is 0.000000214. The van der Waals surface area contributed by atoms with E-state index in [2.05, 4.69) is 85.3 Å². The second-order valence-electron chi connectivity index (χ2n) is 29.6. The summed E-state index contributed by atoms with van der Waals surface area (Å²) in [6, 6.07) is 42.2. The second-order valence-corrected chi connectivity index (χ2v) is 30.8. The SMILES string of the molecule is CCc1cccc(-c2c(Cl)cccc2[C@](O)(CCCN)[C@@H]2CCCN(C(=O)OC(C)(C)C)C2)c1.CCc1cccc(-c2c(Cl)cccc2[C@](O)(CCCNC(C)=O)[C@@H]2CCCN(C(=O)OC(C)(C)C)C2)c1.CCc1cccc(-c2c(Cl)cccc2[C@](O)(CCCNC(C)=O)[C@@H]2CCCNC2)c1. The molecule has 4 amide bonds. The molecule has 6 atom stereocenters. The summed E-state index contributed by atoms with van der Waals surface area (Å²) in [5.41, 5.74) is 12.9. The third kappa shape index (κ3) is 22.5. The smallest absolute Gasteiger partial charge is 0.410 e. The van der Waals surface area contributed by atoms with Gasteiger partial charge < -0.3 is 56.3 Å². The third-order valence-corrected chi connectivity index (χ3v) is 20.7. The van der Waals surface area contributed by atoms with Crippen molar-refractivity contribution in [3.8, 4) is 33.4 Å². The van der Waals surface area contributed by atoms with Crippen LogP contribution in [0.5, 0.6) is 0 Å². The van der Waals surface area contributed by atoms with Crippen molar-refractivity contribution < 1.29 is 44.0 Å². The topological polar surface area (TPSA) is 216 Å². The number of rotatable bonds is 23. The molecule has 0 aromatic heterocycles. The number of carbonyl (C=O) groups excluding carboxylic acids is 4. The molecule has 3 fully saturated rings. The molecule has 3 aliphatic rings. The van der Waals surface area contributed by atoms with Gasteiger partial charge >= 0.3 is 12.2 Å². The van der Waals surface area contributed by atoms with Gasteiger partial charge in [0.05, 0.1) is 16.8 Å². The van der Waals surface area contributed by atoms with Crippen LogP contribution in [0.4, 0.5) is 9.59 Å². The minimum atomic E-state index is -1.26. The first-order valence-electron chi connectivity index (χ1n) is 36.7. The minimum absolute atomic E-state index is 0.0438. The summed E-state index contributed by atoms with van der Waals surface area (Å²) in [6.07, 6.45) is 10.6. The molecule has 0 bridgehead atoms. The standard InChI is InChI=1S/C30H41ClN2O4.C28H39ClN2O3.C25H33ClN2O2/c1-6-22-11-7-12-23(19-22)27-25(14-8-15-26(27)31)30(36,16-10-17-32-21(2)34)24-13-9-18-33(20-24)28(35)37-29(3,4)5;1-5-20-10-6-11-21(18-20)25-23(13-7-14-24(25)29)28(33,15-9-16-30)22-12-8-17-31(19-22)26(32)34-27(2,3)4;1-3-19-8-4-9-20(16-19)24-22(11-5-12-23(24)26)25(30,13-7-15-28-18(2)29)21-10-6-14-27-17-21/h7-8,11-12,14-15,19,24,36H,6,9-10,13,16-18,20H2,1-5H3,(H,32,34);6-7,10-11,13-14,18,22,33H,5,8-9,12,15-17,19,30H2,1-4H3;4-5,8-9,11-12,16,21,27,30H,3,6-7,10,13-15,17H2,1-2H3,(H,28,29)/t24-,30+;22-,28+;21-,25+/m111/s1. The quantitative estimate of drug-likeness (QED) is 0.0300. The van der Waals surface area contributed by atoms with Crippen LogP contribution in [0.25, 0.3) is 33.4 Å². The third-order valence-electron chi connectivity index (χ3n) is 19.8. The number of nitrogens with one attached hydrogen (secondary N) is 3.